The molecule has 2 aromatic carbocycles. The molecule has 7 nitrogen and oxygen atoms in total. The van der Waals surface area contributed by atoms with Crippen LogP contribution < -0.4 is 19.7 Å². The number of barbiturate groups is 1. The van der Waals surface area contributed by atoms with Crippen LogP contribution in [0, 0.1) is 0 Å². The SMILES string of the molecule is CCOc1ccc(/C=C2/C(=O)NC(=O)N(c3ccccc3CC)C2=O)cc1OCC. The zero-order chi connectivity index (χ0) is 21.7. The van der Waals surface area contributed by atoms with Crippen molar-refractivity contribution in [2.75, 3.05) is 18.1 Å². The van der Waals surface area contributed by atoms with Crippen LogP contribution in [0.4, 0.5) is 10.5 Å². The Morgan fingerprint density at radius 2 is 1.63 bits per heavy atom. The molecule has 1 aliphatic rings. The summed E-state index contributed by atoms with van der Waals surface area (Å²) in [5.41, 5.74) is 1.74. The average Bonchev–Trinajstić information content (AvgIpc) is 2.73. The van der Waals surface area contributed by atoms with Crippen LogP contribution in [-0.4, -0.2) is 31.1 Å². The predicted octanol–water partition coefficient (Wildman–Crippen LogP) is 3.71. The molecule has 1 heterocycles. The van der Waals surface area contributed by atoms with Crippen molar-refractivity contribution in [3.63, 3.8) is 0 Å². The van der Waals surface area contributed by atoms with E-state index in [0.717, 1.165) is 10.5 Å². The zero-order valence-electron chi connectivity index (χ0n) is 17.2. The van der Waals surface area contributed by atoms with Gasteiger partial charge in [0.15, 0.2) is 11.5 Å². The minimum atomic E-state index is -0.759. The highest BCUT2D eigenvalue weighted by Gasteiger charge is 2.37. The normalized spacial score (nSPS) is 15.4. The molecule has 30 heavy (non-hydrogen) atoms. The number of benzene rings is 2. The molecule has 3 rings (SSSR count). The Balaban J connectivity index is 2.01. The Morgan fingerprint density at radius 3 is 2.33 bits per heavy atom. The number of nitrogens with zero attached hydrogens (tertiary/aromatic N) is 1. The van der Waals surface area contributed by atoms with Gasteiger partial charge in [0.2, 0.25) is 0 Å². The molecule has 0 radical (unpaired) electrons. The molecule has 1 N–H and O–H groups in total. The van der Waals surface area contributed by atoms with E-state index >= 15 is 0 Å². The van der Waals surface area contributed by atoms with Crippen LogP contribution in [0.2, 0.25) is 0 Å². The predicted molar refractivity (Wildman–Crippen MR) is 114 cm³/mol. The Kier molecular flexibility index (Phi) is 6.51. The number of para-hydroxylation sites is 1. The van der Waals surface area contributed by atoms with Gasteiger partial charge in [-0.1, -0.05) is 31.2 Å². The molecule has 1 fully saturated rings. The van der Waals surface area contributed by atoms with Crippen molar-refractivity contribution in [1.82, 2.24) is 5.32 Å². The van der Waals surface area contributed by atoms with Crippen molar-refractivity contribution in [2.24, 2.45) is 0 Å². The van der Waals surface area contributed by atoms with E-state index in [-0.39, 0.29) is 5.57 Å². The third-order valence-electron chi connectivity index (χ3n) is 4.59. The number of aryl methyl sites for hydroxylation is 1. The number of hydrogen-bond donors (Lipinski definition) is 1. The van der Waals surface area contributed by atoms with Gasteiger partial charge in [-0.25, -0.2) is 9.69 Å². The minimum absolute atomic E-state index is 0.132. The summed E-state index contributed by atoms with van der Waals surface area (Å²) in [6, 6.07) is 11.5. The van der Waals surface area contributed by atoms with Crippen LogP contribution >= 0.6 is 0 Å². The van der Waals surface area contributed by atoms with Crippen LogP contribution in [0.3, 0.4) is 0 Å². The number of urea groups is 1. The first-order chi connectivity index (χ1) is 14.5. The average molecular weight is 408 g/mol. The zero-order valence-corrected chi connectivity index (χ0v) is 17.2. The first-order valence-corrected chi connectivity index (χ1v) is 9.89. The Hall–Kier alpha value is -3.61. The number of amides is 4. The van der Waals surface area contributed by atoms with Crippen molar-refractivity contribution in [1.29, 1.82) is 0 Å². The van der Waals surface area contributed by atoms with Crippen molar-refractivity contribution in [2.45, 2.75) is 27.2 Å². The molecule has 1 aliphatic heterocycles. The van der Waals surface area contributed by atoms with Crippen LogP contribution in [-0.2, 0) is 16.0 Å². The van der Waals surface area contributed by atoms with Gasteiger partial charge in [0.25, 0.3) is 11.8 Å². The molecule has 0 bridgehead atoms. The van der Waals surface area contributed by atoms with Gasteiger partial charge in [0.1, 0.15) is 5.57 Å². The summed E-state index contributed by atoms with van der Waals surface area (Å²) in [6.45, 7) is 6.58. The smallest absolute Gasteiger partial charge is 0.335 e. The van der Waals surface area contributed by atoms with Gasteiger partial charge in [0, 0.05) is 0 Å². The fourth-order valence-corrected chi connectivity index (χ4v) is 3.23. The van der Waals surface area contributed by atoms with Gasteiger partial charge in [0.05, 0.1) is 18.9 Å². The van der Waals surface area contributed by atoms with Crippen LogP contribution in [0.25, 0.3) is 6.08 Å². The number of anilines is 1. The van der Waals surface area contributed by atoms with Gasteiger partial charge in [-0.3, -0.25) is 14.9 Å². The number of hydrogen-bond acceptors (Lipinski definition) is 5. The summed E-state index contributed by atoms with van der Waals surface area (Å²) < 4.78 is 11.2. The van der Waals surface area contributed by atoms with Crippen molar-refractivity contribution < 1.29 is 23.9 Å². The fourth-order valence-electron chi connectivity index (χ4n) is 3.23. The molecule has 1 saturated heterocycles. The number of imide groups is 2. The lowest BCUT2D eigenvalue weighted by Gasteiger charge is -2.28. The topological polar surface area (TPSA) is 84.9 Å². The fraction of sp³-hybridized carbons (Fsp3) is 0.261. The summed E-state index contributed by atoms with van der Waals surface area (Å²) in [5, 5.41) is 2.25. The van der Waals surface area contributed by atoms with E-state index < -0.39 is 17.8 Å². The van der Waals surface area contributed by atoms with Gasteiger partial charge >= 0.3 is 6.03 Å². The van der Waals surface area contributed by atoms with Crippen molar-refractivity contribution in [3.8, 4) is 11.5 Å². The van der Waals surface area contributed by atoms with E-state index in [1.54, 1.807) is 30.3 Å². The maximum atomic E-state index is 13.1. The molecule has 2 aromatic rings. The third-order valence-corrected chi connectivity index (χ3v) is 4.59. The van der Waals surface area contributed by atoms with Crippen LogP contribution in [0.1, 0.15) is 31.9 Å². The molecule has 0 saturated carbocycles. The number of carbonyl (C=O) groups is 3. The van der Waals surface area contributed by atoms with E-state index in [1.807, 2.05) is 32.9 Å². The lowest BCUT2D eigenvalue weighted by Crippen LogP contribution is -2.54. The van der Waals surface area contributed by atoms with Gasteiger partial charge in [-0.2, -0.15) is 0 Å². The molecular weight excluding hydrogens is 384 g/mol. The molecule has 4 amide bonds. The Morgan fingerprint density at radius 1 is 0.933 bits per heavy atom. The molecule has 156 valence electrons. The summed E-state index contributed by atoms with van der Waals surface area (Å²) >= 11 is 0. The highest BCUT2D eigenvalue weighted by molar-refractivity contribution is 6.39. The van der Waals surface area contributed by atoms with E-state index in [4.69, 9.17) is 9.47 Å². The summed E-state index contributed by atoms with van der Waals surface area (Å²) in [4.78, 5) is 39.0. The summed E-state index contributed by atoms with van der Waals surface area (Å²) in [7, 11) is 0. The second-order valence-electron chi connectivity index (χ2n) is 6.51. The maximum Gasteiger partial charge on any atom is 0.335 e. The standard InChI is InChI=1S/C23H24N2O5/c1-4-16-9-7-8-10-18(16)25-22(27)17(21(26)24-23(25)28)13-15-11-12-19(29-5-2)20(14-15)30-6-3/h7-14H,4-6H2,1-3H3,(H,24,26,28)/b17-13-. The van der Waals surface area contributed by atoms with Gasteiger partial charge < -0.3 is 9.47 Å². The molecule has 0 atom stereocenters. The molecule has 7 heteroatoms. The second-order valence-corrected chi connectivity index (χ2v) is 6.51. The highest BCUT2D eigenvalue weighted by atomic mass is 16.5. The van der Waals surface area contributed by atoms with Crippen molar-refractivity contribution >= 4 is 29.6 Å². The first-order valence-electron chi connectivity index (χ1n) is 9.89. The number of carbonyl (C=O) groups excluding carboxylic acids is 3. The largest absolute Gasteiger partial charge is 0.490 e. The lowest BCUT2D eigenvalue weighted by molar-refractivity contribution is -0.122. The van der Waals surface area contributed by atoms with E-state index in [9.17, 15) is 14.4 Å². The monoisotopic (exact) mass is 408 g/mol. The number of ether oxygens (including phenoxy) is 2. The highest BCUT2D eigenvalue weighted by Crippen LogP contribution is 2.30. The summed E-state index contributed by atoms with van der Waals surface area (Å²) in [6.07, 6.45) is 2.08. The Bertz CT molecular complexity index is 1010. The summed E-state index contributed by atoms with van der Waals surface area (Å²) in [5.74, 6) is -0.310. The quantitative estimate of drug-likeness (QED) is 0.558. The molecular formula is C23H24N2O5. The molecule has 0 aliphatic carbocycles. The minimum Gasteiger partial charge on any atom is -0.490 e. The van der Waals surface area contributed by atoms with Gasteiger partial charge in [-0.15, -0.1) is 0 Å². The maximum absolute atomic E-state index is 13.1. The first kappa shape index (κ1) is 21.1. The van der Waals surface area contributed by atoms with Gasteiger partial charge in [-0.05, 0) is 55.7 Å². The molecule has 0 aromatic heterocycles. The van der Waals surface area contributed by atoms with Crippen LogP contribution in [0.5, 0.6) is 11.5 Å². The number of nitrogens with one attached hydrogen (secondary N) is 1. The van der Waals surface area contributed by atoms with Crippen LogP contribution in [0.15, 0.2) is 48.0 Å². The molecule has 0 spiro atoms. The second kappa shape index (κ2) is 9.26. The van der Waals surface area contributed by atoms with E-state index in [0.29, 0.717) is 42.4 Å². The molecule has 0 unspecified atom stereocenters. The third kappa shape index (κ3) is 4.20. The Labute approximate surface area is 175 Å². The number of rotatable bonds is 7. The lowest BCUT2D eigenvalue weighted by atomic mass is 10.0. The van der Waals surface area contributed by atoms with E-state index in [2.05, 4.69) is 5.32 Å². The van der Waals surface area contributed by atoms with E-state index in [1.165, 1.54) is 6.08 Å². The van der Waals surface area contributed by atoms with Crippen molar-refractivity contribution in [3.05, 3.63) is 59.2 Å².